The Balaban J connectivity index is 1.76. The molecule has 5 heteroatoms. The second-order valence-corrected chi connectivity index (χ2v) is 7.20. The Morgan fingerprint density at radius 2 is 1.47 bits per heavy atom. The van der Waals surface area contributed by atoms with Crippen LogP contribution in [0.5, 0.6) is 0 Å². The quantitative estimate of drug-likeness (QED) is 0.450. The van der Waals surface area contributed by atoms with Crippen molar-refractivity contribution in [3.05, 3.63) is 0 Å². The fraction of sp³-hybridized carbons (Fsp3) is 0.900. The molecule has 0 aromatic carbocycles. The predicted molar refractivity (Wildman–Crippen MR) is 49.8 cm³/mol. The zero-order valence-electron chi connectivity index (χ0n) is 7.59. The van der Waals surface area contributed by atoms with Gasteiger partial charge in [0.05, 0.1) is 9.74 Å². The molecule has 3 N–H and O–H groups in total. The summed E-state index contributed by atoms with van der Waals surface area (Å²) in [6.45, 7) is 0. The lowest BCUT2D eigenvalue weighted by Crippen LogP contribution is -2.94. The molecule has 6 aliphatic rings. The van der Waals surface area contributed by atoms with Crippen LogP contribution in [-0.4, -0.2) is 31.4 Å². The monoisotopic (exact) mass is 272 g/mol. The highest BCUT2D eigenvalue weighted by atomic mass is 79.9. The highest BCUT2D eigenvalue weighted by molar-refractivity contribution is 9.10. The van der Waals surface area contributed by atoms with E-state index in [-0.39, 0.29) is 35.5 Å². The summed E-state index contributed by atoms with van der Waals surface area (Å²) >= 11 is 3.49. The molecule has 0 aromatic heterocycles. The first-order valence-corrected chi connectivity index (χ1v) is 6.09. The van der Waals surface area contributed by atoms with Gasteiger partial charge in [-0.25, -0.2) is 0 Å². The Bertz CT molecular complexity index is 438. The van der Waals surface area contributed by atoms with Crippen LogP contribution in [0.4, 0.5) is 0 Å². The number of carbonyl (C=O) groups is 1. The standard InChI is InChI=1S/C10H9BrO4/c11-9-4-1-5(9)3-6(10(9,14)15)2(4)8(1,3)7(12)13/h1-6,14-15H,(H,12,13). The maximum Gasteiger partial charge on any atom is 0.310 e. The molecule has 6 saturated carbocycles. The lowest BCUT2D eigenvalue weighted by Gasteiger charge is -2.89. The van der Waals surface area contributed by atoms with Crippen LogP contribution < -0.4 is 0 Å². The Kier molecular flexibility index (Phi) is 0.814. The fourth-order valence-corrected chi connectivity index (χ4v) is 7.66. The van der Waals surface area contributed by atoms with Crippen molar-refractivity contribution in [2.45, 2.75) is 10.1 Å². The van der Waals surface area contributed by atoms with Gasteiger partial charge >= 0.3 is 5.97 Å². The highest BCUT2D eigenvalue weighted by Crippen LogP contribution is 3.03. The number of rotatable bonds is 1. The number of aliphatic carboxylic acids is 1. The second-order valence-electron chi connectivity index (χ2n) is 5.89. The highest BCUT2D eigenvalue weighted by Gasteiger charge is 3.09. The number of alkyl halides is 1. The smallest absolute Gasteiger partial charge is 0.310 e. The minimum atomic E-state index is -1.66. The number of hydrogen-bond acceptors (Lipinski definition) is 3. The maximum atomic E-state index is 11.3. The molecule has 6 fully saturated rings. The molecule has 2 bridgehead atoms. The van der Waals surface area contributed by atoms with E-state index in [9.17, 15) is 20.1 Å². The van der Waals surface area contributed by atoms with Crippen molar-refractivity contribution in [1.29, 1.82) is 0 Å². The molecule has 6 rings (SSSR count). The van der Waals surface area contributed by atoms with Gasteiger partial charge in [0.1, 0.15) is 0 Å². The van der Waals surface area contributed by atoms with Crippen molar-refractivity contribution in [3.8, 4) is 0 Å². The molecule has 6 aliphatic carbocycles. The Hall–Kier alpha value is -0.130. The maximum absolute atomic E-state index is 11.3. The van der Waals surface area contributed by atoms with E-state index in [0.29, 0.717) is 0 Å². The van der Waals surface area contributed by atoms with Crippen LogP contribution in [-0.2, 0) is 4.79 Å². The van der Waals surface area contributed by atoms with Gasteiger partial charge in [0.15, 0.2) is 5.79 Å². The van der Waals surface area contributed by atoms with Crippen molar-refractivity contribution in [3.63, 3.8) is 0 Å². The molecular weight excluding hydrogens is 264 g/mol. The summed E-state index contributed by atoms with van der Waals surface area (Å²) < 4.78 is -0.568. The third-order valence-electron chi connectivity index (χ3n) is 6.35. The van der Waals surface area contributed by atoms with Gasteiger partial charge in [0, 0.05) is 5.92 Å². The summed E-state index contributed by atoms with van der Waals surface area (Å²) in [5.41, 5.74) is -0.551. The molecule has 4 unspecified atom stereocenters. The predicted octanol–water partition coefficient (Wildman–Crippen LogP) is -0.363. The van der Waals surface area contributed by atoms with E-state index < -0.39 is 21.5 Å². The van der Waals surface area contributed by atoms with Gasteiger partial charge in [-0.3, -0.25) is 4.79 Å². The average Bonchev–Trinajstić information content (AvgIpc) is 2.25. The van der Waals surface area contributed by atoms with Crippen molar-refractivity contribution < 1.29 is 20.1 Å². The molecule has 0 aromatic rings. The van der Waals surface area contributed by atoms with Crippen LogP contribution in [0, 0.1) is 40.9 Å². The second kappa shape index (κ2) is 1.52. The van der Waals surface area contributed by atoms with Gasteiger partial charge in [-0.05, 0) is 29.6 Å². The molecule has 0 aliphatic heterocycles. The van der Waals surface area contributed by atoms with Crippen molar-refractivity contribution in [2.75, 3.05) is 0 Å². The lowest BCUT2D eigenvalue weighted by molar-refractivity contribution is -0.421. The molecule has 0 amide bonds. The largest absolute Gasteiger partial charge is 0.481 e. The Morgan fingerprint density at radius 1 is 1.00 bits per heavy atom. The molecule has 15 heavy (non-hydrogen) atoms. The van der Waals surface area contributed by atoms with Crippen LogP contribution in [0.25, 0.3) is 0 Å². The summed E-state index contributed by atoms with van der Waals surface area (Å²) in [6.07, 6.45) is 0. The summed E-state index contributed by atoms with van der Waals surface area (Å²) in [5.74, 6) is -1.90. The summed E-state index contributed by atoms with van der Waals surface area (Å²) in [7, 11) is 0. The fourth-order valence-electron chi connectivity index (χ4n) is 6.26. The summed E-state index contributed by atoms with van der Waals surface area (Å²) in [4.78, 5) is 11.3. The van der Waals surface area contributed by atoms with E-state index in [1.165, 1.54) is 0 Å². The van der Waals surface area contributed by atoms with E-state index in [0.717, 1.165) is 0 Å². The van der Waals surface area contributed by atoms with Gasteiger partial charge in [0.25, 0.3) is 0 Å². The van der Waals surface area contributed by atoms with Gasteiger partial charge in [-0.2, -0.15) is 0 Å². The van der Waals surface area contributed by atoms with Crippen molar-refractivity contribution >= 4 is 21.9 Å². The van der Waals surface area contributed by atoms with Crippen LogP contribution in [0.1, 0.15) is 0 Å². The summed E-state index contributed by atoms with van der Waals surface area (Å²) in [6, 6.07) is 0. The van der Waals surface area contributed by atoms with E-state index in [4.69, 9.17) is 0 Å². The number of aliphatic hydroxyl groups is 2. The zero-order valence-corrected chi connectivity index (χ0v) is 9.18. The van der Waals surface area contributed by atoms with Crippen molar-refractivity contribution in [2.24, 2.45) is 40.9 Å². The van der Waals surface area contributed by atoms with E-state index >= 15 is 0 Å². The van der Waals surface area contributed by atoms with Crippen LogP contribution in [0.2, 0.25) is 0 Å². The van der Waals surface area contributed by atoms with Gasteiger partial charge in [0.2, 0.25) is 0 Å². The molecule has 0 heterocycles. The molecule has 0 spiro atoms. The SMILES string of the molecule is O=C(O)C12C3C4C1C1C2C3C1(Br)C4(O)O. The van der Waals surface area contributed by atoms with Crippen LogP contribution >= 0.6 is 15.9 Å². The first kappa shape index (κ1) is 8.03. The number of halogens is 1. The van der Waals surface area contributed by atoms with Crippen LogP contribution in [0.15, 0.2) is 0 Å². The van der Waals surface area contributed by atoms with Gasteiger partial charge in [-0.1, -0.05) is 15.9 Å². The average molecular weight is 273 g/mol. The topological polar surface area (TPSA) is 77.8 Å². The third-order valence-corrected chi connectivity index (χ3v) is 7.99. The minimum absolute atomic E-state index is 0.0179. The lowest BCUT2D eigenvalue weighted by atomic mass is 9.13. The number of carboxylic acids is 1. The zero-order chi connectivity index (χ0) is 10.5. The molecule has 0 radical (unpaired) electrons. The number of hydrogen-bond donors (Lipinski definition) is 3. The molecule has 4 atom stereocenters. The van der Waals surface area contributed by atoms with Crippen molar-refractivity contribution in [1.82, 2.24) is 0 Å². The van der Waals surface area contributed by atoms with Gasteiger partial charge in [-0.15, -0.1) is 0 Å². The molecular formula is C10H9BrO4. The third kappa shape index (κ3) is 0.349. The van der Waals surface area contributed by atoms with E-state index in [1.54, 1.807) is 0 Å². The minimum Gasteiger partial charge on any atom is -0.481 e. The van der Waals surface area contributed by atoms with E-state index in [1.807, 2.05) is 0 Å². The Morgan fingerprint density at radius 3 is 1.87 bits per heavy atom. The van der Waals surface area contributed by atoms with Crippen LogP contribution in [0.3, 0.4) is 0 Å². The van der Waals surface area contributed by atoms with E-state index in [2.05, 4.69) is 15.9 Å². The van der Waals surface area contributed by atoms with Gasteiger partial charge < -0.3 is 15.3 Å². The molecule has 0 saturated heterocycles. The first-order valence-electron chi connectivity index (χ1n) is 5.30. The normalized spacial score (nSPS) is 77.3. The summed E-state index contributed by atoms with van der Waals surface area (Å²) in [5, 5.41) is 29.4. The Labute approximate surface area is 93.4 Å². The molecule has 4 nitrogen and oxygen atoms in total. The first-order chi connectivity index (χ1) is 6.93. The number of carboxylic acid groups (broad SMARTS) is 1. The molecule has 80 valence electrons.